The number of rotatable bonds is 6. The molecule has 0 unspecified atom stereocenters. The zero-order valence-corrected chi connectivity index (χ0v) is 15.0. The zero-order valence-electron chi connectivity index (χ0n) is 14.2. The fourth-order valence-corrected chi connectivity index (χ4v) is 3.79. The predicted octanol–water partition coefficient (Wildman–Crippen LogP) is 0.518. The molecular formula is C16H22N6OS. The maximum atomic E-state index is 12.9. The summed E-state index contributed by atoms with van der Waals surface area (Å²) < 4.78 is 1.63. The van der Waals surface area contributed by atoms with Crippen molar-refractivity contribution in [1.29, 1.82) is 0 Å². The highest BCUT2D eigenvalue weighted by atomic mass is 32.2. The van der Waals surface area contributed by atoms with E-state index in [1.807, 2.05) is 31.1 Å². The quantitative estimate of drug-likeness (QED) is 0.607. The number of nitrogens with zero attached hydrogens (tertiary/aromatic N) is 5. The number of carbonyl (C=O) groups excluding carboxylic acids is 1. The molecule has 1 aliphatic carbocycles. The Hall–Kier alpha value is -1.93. The molecule has 0 bridgehead atoms. The van der Waals surface area contributed by atoms with Crippen LogP contribution in [0.25, 0.3) is 0 Å². The molecule has 1 amide bonds. The molecular weight excluding hydrogens is 324 g/mol. The van der Waals surface area contributed by atoms with Crippen molar-refractivity contribution < 1.29 is 4.79 Å². The third kappa shape index (κ3) is 3.16. The summed E-state index contributed by atoms with van der Waals surface area (Å²) in [5, 5.41) is 15.2. The lowest BCUT2D eigenvalue weighted by Gasteiger charge is -2.34. The van der Waals surface area contributed by atoms with Gasteiger partial charge in [-0.3, -0.25) is 9.69 Å². The number of amides is 1. The van der Waals surface area contributed by atoms with Gasteiger partial charge in [0.15, 0.2) is 0 Å². The van der Waals surface area contributed by atoms with Gasteiger partial charge in [0.25, 0.3) is 0 Å². The second kappa shape index (κ2) is 6.90. The van der Waals surface area contributed by atoms with E-state index in [0.717, 1.165) is 23.8 Å². The van der Waals surface area contributed by atoms with Gasteiger partial charge in [0.05, 0.1) is 0 Å². The van der Waals surface area contributed by atoms with Crippen LogP contribution in [0.2, 0.25) is 0 Å². The Morgan fingerprint density at radius 2 is 2.00 bits per heavy atom. The van der Waals surface area contributed by atoms with E-state index in [-0.39, 0.29) is 5.91 Å². The molecule has 1 aliphatic rings. The molecule has 7 nitrogen and oxygen atoms in total. The third-order valence-electron chi connectivity index (χ3n) is 4.56. The van der Waals surface area contributed by atoms with Gasteiger partial charge >= 0.3 is 0 Å². The standard InChI is InChI=1S/C16H22N6OS/c1-21(2)16(10-12-6-4-5-7-13(12)11-16)14(23)17-8-9-24-15-18-19-20-22(15)3/h4-7H,8-11H2,1-3H3,(H,17,23). The van der Waals surface area contributed by atoms with Crippen molar-refractivity contribution in [1.82, 2.24) is 30.4 Å². The van der Waals surface area contributed by atoms with Crippen molar-refractivity contribution >= 4 is 17.7 Å². The van der Waals surface area contributed by atoms with Crippen LogP contribution < -0.4 is 5.32 Å². The lowest BCUT2D eigenvalue weighted by atomic mass is 9.93. The van der Waals surface area contributed by atoms with E-state index in [4.69, 9.17) is 0 Å². The van der Waals surface area contributed by atoms with Crippen LogP contribution in [0.3, 0.4) is 0 Å². The largest absolute Gasteiger partial charge is 0.354 e. The number of thioether (sulfide) groups is 1. The van der Waals surface area contributed by atoms with Crippen LogP contribution in [-0.2, 0) is 24.7 Å². The van der Waals surface area contributed by atoms with Crippen molar-refractivity contribution in [2.45, 2.75) is 23.5 Å². The first-order valence-corrected chi connectivity index (χ1v) is 8.89. The zero-order chi connectivity index (χ0) is 17.2. The van der Waals surface area contributed by atoms with E-state index in [1.54, 1.807) is 11.7 Å². The highest BCUT2D eigenvalue weighted by Crippen LogP contribution is 2.33. The Kier molecular flexibility index (Phi) is 4.86. The van der Waals surface area contributed by atoms with Crippen LogP contribution in [0.15, 0.2) is 29.4 Å². The summed E-state index contributed by atoms with van der Waals surface area (Å²) in [5.74, 6) is 0.816. The summed E-state index contributed by atoms with van der Waals surface area (Å²) in [5.41, 5.74) is 2.03. The number of benzene rings is 1. The van der Waals surface area contributed by atoms with E-state index in [1.165, 1.54) is 22.9 Å². The van der Waals surface area contributed by atoms with Crippen LogP contribution in [-0.4, -0.2) is 62.9 Å². The molecule has 1 N–H and O–H groups in total. The smallest absolute Gasteiger partial charge is 0.241 e. The van der Waals surface area contributed by atoms with Crippen LogP contribution in [0, 0.1) is 0 Å². The summed E-state index contributed by atoms with van der Waals surface area (Å²) in [6, 6.07) is 8.30. The van der Waals surface area contributed by atoms with E-state index >= 15 is 0 Å². The highest BCUT2D eigenvalue weighted by molar-refractivity contribution is 7.99. The number of aromatic nitrogens is 4. The molecule has 0 atom stereocenters. The number of nitrogens with one attached hydrogen (secondary N) is 1. The number of hydrogen-bond donors (Lipinski definition) is 1. The van der Waals surface area contributed by atoms with Gasteiger partial charge in [-0.1, -0.05) is 36.0 Å². The van der Waals surface area contributed by atoms with Gasteiger partial charge in [-0.05, 0) is 35.6 Å². The Bertz CT molecular complexity index is 704. The molecule has 1 aromatic carbocycles. The number of carbonyl (C=O) groups is 1. The van der Waals surface area contributed by atoms with Crippen LogP contribution in [0.1, 0.15) is 11.1 Å². The van der Waals surface area contributed by atoms with Crippen LogP contribution >= 0.6 is 11.8 Å². The molecule has 0 saturated heterocycles. The molecule has 0 radical (unpaired) electrons. The summed E-state index contributed by atoms with van der Waals surface area (Å²) in [6.45, 7) is 0.586. The van der Waals surface area contributed by atoms with Crippen molar-refractivity contribution in [3.05, 3.63) is 35.4 Å². The van der Waals surface area contributed by atoms with Crippen LogP contribution in [0.5, 0.6) is 0 Å². The molecule has 24 heavy (non-hydrogen) atoms. The van der Waals surface area contributed by atoms with Gasteiger partial charge in [0, 0.05) is 32.2 Å². The second-order valence-corrected chi connectivity index (χ2v) is 7.30. The Labute approximate surface area is 145 Å². The van der Waals surface area contributed by atoms with Crippen LogP contribution in [0.4, 0.5) is 0 Å². The van der Waals surface area contributed by atoms with Gasteiger partial charge in [-0.15, -0.1) is 5.10 Å². The Morgan fingerprint density at radius 3 is 2.54 bits per heavy atom. The Balaban J connectivity index is 1.59. The van der Waals surface area contributed by atoms with Gasteiger partial charge in [0.1, 0.15) is 5.54 Å². The molecule has 0 spiro atoms. The topological polar surface area (TPSA) is 75.9 Å². The first kappa shape index (κ1) is 16.9. The summed E-state index contributed by atoms with van der Waals surface area (Å²) in [6.07, 6.45) is 1.50. The van der Waals surface area contributed by atoms with E-state index in [0.29, 0.717) is 6.54 Å². The molecule has 2 aromatic rings. The first-order valence-electron chi connectivity index (χ1n) is 7.90. The number of tetrazole rings is 1. The average Bonchev–Trinajstić information content (AvgIpc) is 3.15. The molecule has 1 heterocycles. The minimum atomic E-state index is -0.499. The normalized spacial score (nSPS) is 15.5. The minimum absolute atomic E-state index is 0.0837. The average molecular weight is 346 g/mol. The minimum Gasteiger partial charge on any atom is -0.354 e. The van der Waals surface area contributed by atoms with Gasteiger partial charge in [-0.2, -0.15) is 0 Å². The molecule has 3 rings (SSSR count). The molecule has 1 aromatic heterocycles. The lowest BCUT2D eigenvalue weighted by Crippen LogP contribution is -2.57. The summed E-state index contributed by atoms with van der Waals surface area (Å²) in [7, 11) is 5.76. The summed E-state index contributed by atoms with van der Waals surface area (Å²) in [4.78, 5) is 14.9. The molecule has 8 heteroatoms. The van der Waals surface area contributed by atoms with Gasteiger partial charge < -0.3 is 5.32 Å². The number of aryl methyl sites for hydroxylation is 1. The van der Waals surface area contributed by atoms with Crippen molar-refractivity contribution in [3.63, 3.8) is 0 Å². The number of likely N-dealkylation sites (N-methyl/N-ethyl adjacent to an activating group) is 1. The van der Waals surface area contributed by atoms with E-state index < -0.39 is 5.54 Å². The highest BCUT2D eigenvalue weighted by Gasteiger charge is 2.45. The first-order chi connectivity index (χ1) is 11.5. The lowest BCUT2D eigenvalue weighted by molar-refractivity contribution is -0.131. The number of fused-ring (bicyclic) bond motifs is 1. The maximum absolute atomic E-state index is 12.9. The summed E-state index contributed by atoms with van der Waals surface area (Å²) >= 11 is 1.53. The molecule has 0 fully saturated rings. The maximum Gasteiger partial charge on any atom is 0.241 e. The Morgan fingerprint density at radius 1 is 1.33 bits per heavy atom. The van der Waals surface area contributed by atoms with E-state index in [2.05, 4.69) is 33.0 Å². The second-order valence-electron chi connectivity index (χ2n) is 6.24. The number of hydrogen-bond acceptors (Lipinski definition) is 6. The monoisotopic (exact) mass is 346 g/mol. The van der Waals surface area contributed by atoms with Crippen molar-refractivity contribution in [2.24, 2.45) is 7.05 Å². The third-order valence-corrected chi connectivity index (χ3v) is 5.58. The fourth-order valence-electron chi connectivity index (χ4n) is 3.09. The van der Waals surface area contributed by atoms with Crippen molar-refractivity contribution in [3.8, 4) is 0 Å². The van der Waals surface area contributed by atoms with Gasteiger partial charge in [-0.25, -0.2) is 4.68 Å². The fraction of sp³-hybridized carbons (Fsp3) is 0.500. The SMILES string of the molecule is CN(C)C1(C(=O)NCCSc2nnnn2C)Cc2ccccc2C1. The van der Waals surface area contributed by atoms with E-state index in [9.17, 15) is 4.79 Å². The molecule has 0 saturated carbocycles. The molecule has 0 aliphatic heterocycles. The van der Waals surface area contributed by atoms with Crippen molar-refractivity contribution in [2.75, 3.05) is 26.4 Å². The predicted molar refractivity (Wildman–Crippen MR) is 92.8 cm³/mol. The van der Waals surface area contributed by atoms with Gasteiger partial charge in [0.2, 0.25) is 11.1 Å². The molecule has 128 valence electrons.